The van der Waals surface area contributed by atoms with E-state index in [1.807, 2.05) is 54.0 Å². The van der Waals surface area contributed by atoms with Crippen LogP contribution in [0.3, 0.4) is 0 Å². The maximum atomic E-state index is 5.33. The molecule has 0 saturated heterocycles. The predicted octanol–water partition coefficient (Wildman–Crippen LogP) is 3.30. The lowest BCUT2D eigenvalue weighted by Crippen LogP contribution is -2.00. The third-order valence-corrected chi connectivity index (χ3v) is 3.20. The summed E-state index contributed by atoms with van der Waals surface area (Å²) in [6.45, 7) is 2.05. The van der Waals surface area contributed by atoms with Crippen LogP contribution in [0.2, 0.25) is 0 Å². The smallest absolute Gasteiger partial charge is 0.200 e. The third kappa shape index (κ3) is 2.08. The number of nitrogens with zero attached hydrogens (tertiary/aromatic N) is 3. The molecule has 0 aliphatic heterocycles. The number of hydrogen-bond acceptors (Lipinski definition) is 3. The fraction of sp³-hybridized carbons (Fsp3) is 0.0714. The van der Waals surface area contributed by atoms with Crippen molar-refractivity contribution >= 4 is 12.2 Å². The lowest BCUT2D eigenvalue weighted by atomic mass is 10.2. The van der Waals surface area contributed by atoms with E-state index < -0.39 is 0 Å². The van der Waals surface area contributed by atoms with Crippen molar-refractivity contribution in [3.05, 3.63) is 59.0 Å². The molecule has 2 aromatic heterocycles. The molecule has 19 heavy (non-hydrogen) atoms. The van der Waals surface area contributed by atoms with E-state index in [2.05, 4.69) is 15.2 Å². The number of rotatable bonds is 2. The van der Waals surface area contributed by atoms with E-state index >= 15 is 0 Å². The molecule has 4 nitrogen and oxygen atoms in total. The summed E-state index contributed by atoms with van der Waals surface area (Å²) in [5.74, 6) is 0.722. The van der Waals surface area contributed by atoms with E-state index in [1.54, 1.807) is 6.20 Å². The molecule has 0 atom stereocenters. The zero-order valence-corrected chi connectivity index (χ0v) is 11.2. The minimum Gasteiger partial charge on any atom is -0.267 e. The van der Waals surface area contributed by atoms with Crippen LogP contribution in [0, 0.1) is 11.7 Å². The molecular formula is C14H12N4S. The zero-order chi connectivity index (χ0) is 13.2. The Balaban J connectivity index is 2.26. The summed E-state index contributed by atoms with van der Waals surface area (Å²) in [6, 6.07) is 13.8. The van der Waals surface area contributed by atoms with E-state index in [-0.39, 0.29) is 0 Å². The van der Waals surface area contributed by atoms with Gasteiger partial charge in [-0.05, 0) is 42.9 Å². The van der Waals surface area contributed by atoms with Crippen LogP contribution in [0.25, 0.3) is 17.2 Å². The fourth-order valence-electron chi connectivity index (χ4n) is 2.00. The number of para-hydroxylation sites is 1. The van der Waals surface area contributed by atoms with Crippen LogP contribution < -0.4 is 0 Å². The Bertz CT molecular complexity index is 758. The van der Waals surface area contributed by atoms with Crippen molar-refractivity contribution in [2.75, 3.05) is 0 Å². The minimum absolute atomic E-state index is 0.565. The molecule has 0 amide bonds. The predicted molar refractivity (Wildman–Crippen MR) is 76.7 cm³/mol. The molecule has 0 fully saturated rings. The molecule has 3 rings (SSSR count). The van der Waals surface area contributed by atoms with E-state index in [4.69, 9.17) is 12.2 Å². The Morgan fingerprint density at radius 1 is 1.11 bits per heavy atom. The maximum Gasteiger partial charge on any atom is 0.200 e. The van der Waals surface area contributed by atoms with Crippen molar-refractivity contribution in [3.63, 3.8) is 0 Å². The highest BCUT2D eigenvalue weighted by Gasteiger charge is 2.12. The standard InChI is InChI=1S/C14H12N4S/c1-10-6-2-3-8-12(10)18-13(16-17-14(18)19)11-7-4-5-9-15-11/h2-9H,1H3,(H,17,19). The van der Waals surface area contributed by atoms with Crippen molar-refractivity contribution < 1.29 is 0 Å². The monoisotopic (exact) mass is 268 g/mol. The molecule has 0 spiro atoms. The van der Waals surface area contributed by atoms with Crippen molar-refractivity contribution in [2.24, 2.45) is 0 Å². The molecule has 0 aliphatic rings. The van der Waals surface area contributed by atoms with Crippen LogP contribution in [0.15, 0.2) is 48.7 Å². The quantitative estimate of drug-likeness (QED) is 0.725. The van der Waals surface area contributed by atoms with Crippen molar-refractivity contribution in [3.8, 4) is 17.2 Å². The minimum atomic E-state index is 0.565. The number of aromatic nitrogens is 4. The fourth-order valence-corrected chi connectivity index (χ4v) is 2.23. The molecule has 0 saturated carbocycles. The van der Waals surface area contributed by atoms with E-state index in [1.165, 1.54) is 0 Å². The van der Waals surface area contributed by atoms with Crippen LogP contribution in [0.5, 0.6) is 0 Å². The van der Waals surface area contributed by atoms with Gasteiger partial charge in [0, 0.05) is 6.20 Å². The average Bonchev–Trinajstić information content (AvgIpc) is 2.82. The second kappa shape index (κ2) is 4.78. The molecule has 1 N–H and O–H groups in total. The highest BCUT2D eigenvalue weighted by Crippen LogP contribution is 2.21. The lowest BCUT2D eigenvalue weighted by molar-refractivity contribution is 1.02. The highest BCUT2D eigenvalue weighted by atomic mass is 32.1. The summed E-state index contributed by atoms with van der Waals surface area (Å²) < 4.78 is 2.47. The summed E-state index contributed by atoms with van der Waals surface area (Å²) in [4.78, 5) is 4.33. The number of hydrogen-bond donors (Lipinski definition) is 1. The van der Waals surface area contributed by atoms with Crippen LogP contribution >= 0.6 is 12.2 Å². The summed E-state index contributed by atoms with van der Waals surface area (Å²) in [6.07, 6.45) is 1.75. The van der Waals surface area contributed by atoms with Gasteiger partial charge in [-0.25, -0.2) is 0 Å². The van der Waals surface area contributed by atoms with Gasteiger partial charge in [0.15, 0.2) is 10.6 Å². The maximum absolute atomic E-state index is 5.33. The summed E-state index contributed by atoms with van der Waals surface area (Å²) in [5, 5.41) is 7.12. The lowest BCUT2D eigenvalue weighted by Gasteiger charge is -2.09. The number of benzene rings is 1. The Labute approximate surface area is 115 Å². The number of H-pyrrole nitrogens is 1. The van der Waals surface area contributed by atoms with Gasteiger partial charge in [-0.15, -0.1) is 0 Å². The molecule has 3 aromatic rings. The van der Waals surface area contributed by atoms with Crippen LogP contribution in [-0.4, -0.2) is 19.7 Å². The molecule has 0 bridgehead atoms. The second-order valence-corrected chi connectivity index (χ2v) is 4.58. The van der Waals surface area contributed by atoms with Gasteiger partial charge < -0.3 is 0 Å². The molecule has 0 unspecified atom stereocenters. The number of aromatic amines is 1. The summed E-state index contributed by atoms with van der Waals surface area (Å²) in [5.41, 5.74) is 2.94. The van der Waals surface area contributed by atoms with Gasteiger partial charge in [0.05, 0.1) is 5.69 Å². The van der Waals surface area contributed by atoms with Crippen molar-refractivity contribution in [2.45, 2.75) is 6.92 Å². The van der Waals surface area contributed by atoms with Gasteiger partial charge in [0.1, 0.15) is 5.69 Å². The van der Waals surface area contributed by atoms with Crippen LogP contribution in [0.1, 0.15) is 5.56 Å². The molecule has 94 valence electrons. The van der Waals surface area contributed by atoms with Gasteiger partial charge in [-0.2, -0.15) is 5.10 Å². The Morgan fingerprint density at radius 2 is 1.89 bits per heavy atom. The van der Waals surface area contributed by atoms with E-state index in [0.29, 0.717) is 4.77 Å². The van der Waals surface area contributed by atoms with Crippen LogP contribution in [-0.2, 0) is 0 Å². The highest BCUT2D eigenvalue weighted by molar-refractivity contribution is 7.71. The van der Waals surface area contributed by atoms with Gasteiger partial charge in [-0.3, -0.25) is 14.6 Å². The largest absolute Gasteiger partial charge is 0.267 e. The van der Waals surface area contributed by atoms with Gasteiger partial charge in [-0.1, -0.05) is 24.3 Å². The van der Waals surface area contributed by atoms with E-state index in [0.717, 1.165) is 22.8 Å². The second-order valence-electron chi connectivity index (χ2n) is 4.19. The zero-order valence-electron chi connectivity index (χ0n) is 10.4. The Morgan fingerprint density at radius 3 is 2.63 bits per heavy atom. The molecule has 2 heterocycles. The first-order chi connectivity index (χ1) is 9.27. The molecule has 5 heteroatoms. The topological polar surface area (TPSA) is 46.5 Å². The van der Waals surface area contributed by atoms with Crippen molar-refractivity contribution in [1.82, 2.24) is 19.7 Å². The van der Waals surface area contributed by atoms with Crippen LogP contribution in [0.4, 0.5) is 0 Å². The van der Waals surface area contributed by atoms with E-state index in [9.17, 15) is 0 Å². The normalized spacial score (nSPS) is 10.6. The molecule has 0 radical (unpaired) electrons. The first-order valence-electron chi connectivity index (χ1n) is 5.92. The Hall–Kier alpha value is -2.27. The molecular weight excluding hydrogens is 256 g/mol. The molecule has 0 aliphatic carbocycles. The third-order valence-electron chi connectivity index (χ3n) is 2.92. The number of pyridine rings is 1. The molecule has 1 aromatic carbocycles. The summed E-state index contributed by atoms with van der Waals surface area (Å²) >= 11 is 5.33. The number of nitrogens with one attached hydrogen (secondary N) is 1. The SMILES string of the molecule is Cc1ccccc1-n1c(-c2ccccn2)n[nH]c1=S. The first-order valence-corrected chi connectivity index (χ1v) is 6.33. The first kappa shape index (κ1) is 11.8. The summed E-state index contributed by atoms with van der Waals surface area (Å²) in [7, 11) is 0. The van der Waals surface area contributed by atoms with Gasteiger partial charge >= 0.3 is 0 Å². The van der Waals surface area contributed by atoms with Gasteiger partial charge in [0.25, 0.3) is 0 Å². The average molecular weight is 268 g/mol. The number of aryl methyl sites for hydroxylation is 1. The Kier molecular flexibility index (Phi) is 2.97. The van der Waals surface area contributed by atoms with Gasteiger partial charge in [0.2, 0.25) is 0 Å². The van der Waals surface area contributed by atoms with Crippen molar-refractivity contribution in [1.29, 1.82) is 0 Å².